The Balaban J connectivity index is 2.28. The van der Waals surface area contributed by atoms with Crippen LogP contribution in [0.4, 0.5) is 5.82 Å². The average Bonchev–Trinajstić information content (AvgIpc) is 3.03. The molecule has 7 nitrogen and oxygen atoms in total. The van der Waals surface area contributed by atoms with Gasteiger partial charge in [0.25, 0.3) is 0 Å². The number of aromatic nitrogens is 2. The molecule has 2 rings (SSSR count). The van der Waals surface area contributed by atoms with E-state index in [4.69, 9.17) is 9.84 Å². The van der Waals surface area contributed by atoms with E-state index in [1.165, 1.54) is 11.8 Å². The van der Waals surface area contributed by atoms with Crippen LogP contribution in [0.3, 0.4) is 0 Å². The maximum absolute atomic E-state index is 12.6. The summed E-state index contributed by atoms with van der Waals surface area (Å²) in [5.74, 6) is 0.128. The Bertz CT molecular complexity index is 819. The molecule has 0 spiro atoms. The number of nitrogens with zero attached hydrogens (tertiary/aromatic N) is 3. The van der Waals surface area contributed by atoms with E-state index in [0.29, 0.717) is 19.0 Å². The van der Waals surface area contributed by atoms with Crippen LogP contribution in [0, 0.1) is 6.92 Å². The molecule has 0 radical (unpaired) electrons. The van der Waals surface area contributed by atoms with Gasteiger partial charge in [-0.1, -0.05) is 38.5 Å². The van der Waals surface area contributed by atoms with E-state index < -0.39 is 0 Å². The van der Waals surface area contributed by atoms with Crippen LogP contribution in [0.2, 0.25) is 0 Å². The van der Waals surface area contributed by atoms with Gasteiger partial charge in [-0.2, -0.15) is 5.10 Å². The lowest BCUT2D eigenvalue weighted by Crippen LogP contribution is -2.38. The van der Waals surface area contributed by atoms with Crippen LogP contribution < -0.4 is 5.32 Å². The van der Waals surface area contributed by atoms with Gasteiger partial charge < -0.3 is 15.0 Å². The highest BCUT2D eigenvalue weighted by Gasteiger charge is 2.22. The van der Waals surface area contributed by atoms with Gasteiger partial charge in [-0.3, -0.25) is 9.59 Å². The molecular weight excluding hydrogens is 356 g/mol. The van der Waals surface area contributed by atoms with Gasteiger partial charge in [-0.25, -0.2) is 4.68 Å². The summed E-state index contributed by atoms with van der Waals surface area (Å²) < 4.78 is 6.74. The Hall–Kier alpha value is -2.67. The van der Waals surface area contributed by atoms with E-state index in [1.54, 1.807) is 11.8 Å². The summed E-state index contributed by atoms with van der Waals surface area (Å²) in [6.07, 6.45) is 0. The van der Waals surface area contributed by atoms with E-state index in [-0.39, 0.29) is 23.8 Å². The first kappa shape index (κ1) is 21.6. The standard InChI is InChI=1S/C21H30N4O3/c1-15-7-9-17(10-8-15)25-19(13-18(23-25)21(3,4)5)22-20(27)14-24(16(2)26)11-12-28-6/h7-10,13H,11-12,14H2,1-6H3,(H,22,27). The van der Waals surface area contributed by atoms with E-state index in [1.807, 2.05) is 37.3 Å². The molecule has 2 aromatic rings. The molecule has 28 heavy (non-hydrogen) atoms. The second kappa shape index (κ2) is 9.01. The highest BCUT2D eigenvalue weighted by molar-refractivity contribution is 5.94. The fourth-order valence-electron chi connectivity index (χ4n) is 2.62. The number of rotatable bonds is 7. The molecule has 1 heterocycles. The first-order valence-corrected chi connectivity index (χ1v) is 9.33. The molecule has 0 atom stereocenters. The third kappa shape index (κ3) is 5.66. The van der Waals surface area contributed by atoms with Gasteiger partial charge in [-0.05, 0) is 19.1 Å². The molecule has 0 aliphatic carbocycles. The van der Waals surface area contributed by atoms with E-state index in [0.717, 1.165) is 16.9 Å². The van der Waals surface area contributed by atoms with Gasteiger partial charge in [0.2, 0.25) is 11.8 Å². The Morgan fingerprint density at radius 2 is 1.86 bits per heavy atom. The Kier molecular flexibility index (Phi) is 6.96. The molecule has 0 aliphatic heterocycles. The normalized spacial score (nSPS) is 11.4. The number of aryl methyl sites for hydroxylation is 1. The van der Waals surface area contributed by atoms with Gasteiger partial charge in [0.15, 0.2) is 0 Å². The summed E-state index contributed by atoms with van der Waals surface area (Å²) in [5, 5.41) is 7.60. The van der Waals surface area contributed by atoms with Crippen molar-refractivity contribution in [3.8, 4) is 5.69 Å². The number of anilines is 1. The summed E-state index contributed by atoms with van der Waals surface area (Å²) in [6.45, 7) is 10.4. The predicted octanol–water partition coefficient (Wildman–Crippen LogP) is 2.91. The molecule has 1 aromatic heterocycles. The lowest BCUT2D eigenvalue weighted by atomic mass is 9.92. The van der Waals surface area contributed by atoms with Gasteiger partial charge in [-0.15, -0.1) is 0 Å². The predicted molar refractivity (Wildman–Crippen MR) is 110 cm³/mol. The summed E-state index contributed by atoms with van der Waals surface area (Å²) >= 11 is 0. The van der Waals surface area contributed by atoms with Gasteiger partial charge >= 0.3 is 0 Å². The Morgan fingerprint density at radius 1 is 1.21 bits per heavy atom. The highest BCUT2D eigenvalue weighted by Crippen LogP contribution is 2.26. The van der Waals surface area contributed by atoms with Crippen LogP contribution in [0.15, 0.2) is 30.3 Å². The van der Waals surface area contributed by atoms with E-state index >= 15 is 0 Å². The van der Waals surface area contributed by atoms with E-state index in [2.05, 4.69) is 26.1 Å². The van der Waals surface area contributed by atoms with Crippen molar-refractivity contribution in [1.29, 1.82) is 0 Å². The maximum atomic E-state index is 12.6. The van der Waals surface area contributed by atoms with Gasteiger partial charge in [0, 0.05) is 32.1 Å². The lowest BCUT2D eigenvalue weighted by Gasteiger charge is -2.20. The van der Waals surface area contributed by atoms with Crippen molar-refractivity contribution in [1.82, 2.24) is 14.7 Å². The first-order valence-electron chi connectivity index (χ1n) is 9.33. The lowest BCUT2D eigenvalue weighted by molar-refractivity contribution is -0.133. The molecule has 0 fully saturated rings. The van der Waals surface area contributed by atoms with Crippen molar-refractivity contribution in [3.05, 3.63) is 41.6 Å². The molecule has 0 aliphatic rings. The summed E-state index contributed by atoms with van der Waals surface area (Å²) in [4.78, 5) is 25.8. The molecule has 0 saturated carbocycles. The third-order valence-corrected chi connectivity index (χ3v) is 4.37. The smallest absolute Gasteiger partial charge is 0.245 e. The number of carbonyl (C=O) groups excluding carboxylic acids is 2. The second-order valence-corrected chi connectivity index (χ2v) is 7.89. The largest absolute Gasteiger partial charge is 0.383 e. The van der Waals surface area contributed by atoms with Crippen LogP contribution in [0.5, 0.6) is 0 Å². The fraction of sp³-hybridized carbons (Fsp3) is 0.476. The topological polar surface area (TPSA) is 76.5 Å². The summed E-state index contributed by atoms with van der Waals surface area (Å²) in [6, 6.07) is 9.81. The van der Waals surface area contributed by atoms with Crippen LogP contribution >= 0.6 is 0 Å². The highest BCUT2D eigenvalue weighted by atomic mass is 16.5. The first-order chi connectivity index (χ1) is 13.1. The molecular formula is C21H30N4O3. The van der Waals surface area contributed by atoms with Gasteiger partial charge in [0.05, 0.1) is 24.5 Å². The zero-order valence-corrected chi connectivity index (χ0v) is 17.6. The van der Waals surface area contributed by atoms with Crippen LogP contribution in [0.25, 0.3) is 5.69 Å². The minimum absolute atomic E-state index is 0.0391. The van der Waals surface area contributed by atoms with Crippen molar-refractivity contribution < 1.29 is 14.3 Å². The fourth-order valence-corrected chi connectivity index (χ4v) is 2.62. The zero-order valence-electron chi connectivity index (χ0n) is 17.6. The monoisotopic (exact) mass is 386 g/mol. The van der Waals surface area contributed by atoms with Crippen LogP contribution in [-0.4, -0.2) is 53.3 Å². The Morgan fingerprint density at radius 3 is 2.39 bits per heavy atom. The van der Waals surface area contributed by atoms with Crippen molar-refractivity contribution in [2.75, 3.05) is 32.1 Å². The Labute approximate surface area is 166 Å². The number of carbonyl (C=O) groups is 2. The number of ether oxygens (including phenoxy) is 1. The van der Waals surface area contributed by atoms with Crippen LogP contribution in [-0.2, 0) is 19.7 Å². The van der Waals surface area contributed by atoms with Crippen molar-refractivity contribution in [2.24, 2.45) is 0 Å². The summed E-state index contributed by atoms with van der Waals surface area (Å²) in [5.41, 5.74) is 2.71. The molecule has 0 bridgehead atoms. The van der Waals surface area contributed by atoms with Crippen LogP contribution in [0.1, 0.15) is 39.0 Å². The minimum Gasteiger partial charge on any atom is -0.383 e. The molecule has 1 N–H and O–H groups in total. The van der Waals surface area contributed by atoms with Crippen molar-refractivity contribution in [2.45, 2.75) is 40.0 Å². The van der Waals surface area contributed by atoms with Crippen molar-refractivity contribution in [3.63, 3.8) is 0 Å². The molecule has 7 heteroatoms. The minimum atomic E-state index is -0.278. The number of amides is 2. The molecule has 2 amide bonds. The molecule has 152 valence electrons. The van der Waals surface area contributed by atoms with E-state index in [9.17, 15) is 9.59 Å². The number of nitrogens with one attached hydrogen (secondary N) is 1. The van der Waals surface area contributed by atoms with Crippen molar-refractivity contribution >= 4 is 17.6 Å². The number of hydrogen-bond acceptors (Lipinski definition) is 4. The third-order valence-electron chi connectivity index (χ3n) is 4.37. The summed E-state index contributed by atoms with van der Waals surface area (Å²) in [7, 11) is 1.56. The SMILES string of the molecule is COCCN(CC(=O)Nc1cc(C(C)(C)C)nn1-c1ccc(C)cc1)C(C)=O. The number of benzene rings is 1. The van der Waals surface area contributed by atoms with Gasteiger partial charge in [0.1, 0.15) is 5.82 Å². The number of hydrogen-bond donors (Lipinski definition) is 1. The molecule has 1 aromatic carbocycles. The second-order valence-electron chi connectivity index (χ2n) is 7.89. The zero-order chi connectivity index (χ0) is 20.9. The number of methoxy groups -OCH3 is 1. The quantitative estimate of drug-likeness (QED) is 0.794. The molecule has 0 unspecified atom stereocenters. The maximum Gasteiger partial charge on any atom is 0.245 e. The molecule has 0 saturated heterocycles. The average molecular weight is 386 g/mol.